The second kappa shape index (κ2) is 5.41. The Balaban J connectivity index is 2.79. The molecule has 0 atom stereocenters. The number of nitrogens with one attached hydrogen (secondary N) is 1. The molecule has 0 spiro atoms. The molecule has 1 rings (SSSR count). The van der Waals surface area contributed by atoms with Gasteiger partial charge in [0.05, 0.1) is 10.0 Å². The molecule has 3 nitrogen and oxygen atoms in total. The van der Waals surface area contributed by atoms with Gasteiger partial charge in [-0.15, -0.1) is 0 Å². The van der Waals surface area contributed by atoms with Crippen LogP contribution in [0.5, 0.6) is 0 Å². The molecular weight excluding hydrogens is 270 g/mol. The summed E-state index contributed by atoms with van der Waals surface area (Å²) in [6.45, 7) is 4.45. The second-order valence-corrected chi connectivity index (χ2v) is 5.44. The first-order valence-electron chi connectivity index (χ1n) is 4.72. The lowest BCUT2D eigenvalue weighted by Crippen LogP contribution is -2.27. The number of aliphatic hydroxyl groups excluding tert-OH is 1. The Morgan fingerprint density at radius 3 is 2.50 bits per heavy atom. The van der Waals surface area contributed by atoms with Crippen LogP contribution in [0.3, 0.4) is 0 Å². The zero-order valence-corrected chi connectivity index (χ0v) is 11.3. The van der Waals surface area contributed by atoms with Gasteiger partial charge in [-0.25, -0.2) is 4.98 Å². The number of halogens is 3. The van der Waals surface area contributed by atoms with Crippen LogP contribution < -0.4 is 5.32 Å². The highest BCUT2D eigenvalue weighted by atomic mass is 35.5. The molecule has 0 amide bonds. The van der Waals surface area contributed by atoms with Crippen molar-refractivity contribution in [3.05, 3.63) is 21.3 Å². The zero-order valence-electron chi connectivity index (χ0n) is 9.02. The Morgan fingerprint density at radius 1 is 1.31 bits per heavy atom. The summed E-state index contributed by atoms with van der Waals surface area (Å²) in [5.74, 6) is 0.470. The van der Waals surface area contributed by atoms with Crippen LogP contribution in [-0.4, -0.2) is 23.2 Å². The minimum atomic E-state index is -0.253. The summed E-state index contributed by atoms with van der Waals surface area (Å²) >= 11 is 17.5. The molecule has 0 unspecified atom stereocenters. The zero-order chi connectivity index (χ0) is 12.3. The maximum absolute atomic E-state index is 9.10. The predicted molar refractivity (Wildman–Crippen MR) is 68.6 cm³/mol. The fourth-order valence-electron chi connectivity index (χ4n) is 0.947. The highest BCUT2D eigenvalue weighted by molar-refractivity contribution is 6.42. The molecule has 0 bridgehead atoms. The van der Waals surface area contributed by atoms with Gasteiger partial charge in [0, 0.05) is 18.6 Å². The molecule has 2 N–H and O–H groups in total. The third-order valence-corrected chi connectivity index (χ3v) is 3.01. The van der Waals surface area contributed by atoms with Gasteiger partial charge in [-0.2, -0.15) is 0 Å². The van der Waals surface area contributed by atoms with E-state index in [2.05, 4.69) is 10.3 Å². The summed E-state index contributed by atoms with van der Waals surface area (Å²) < 4.78 is 0. The molecule has 0 aliphatic carbocycles. The van der Waals surface area contributed by atoms with Gasteiger partial charge < -0.3 is 10.4 Å². The topological polar surface area (TPSA) is 45.1 Å². The van der Waals surface area contributed by atoms with Crippen LogP contribution in [-0.2, 0) is 0 Å². The van der Waals surface area contributed by atoms with E-state index in [1.807, 2.05) is 13.8 Å². The molecule has 1 heterocycles. The lowest BCUT2D eigenvalue weighted by molar-refractivity contribution is 0.170. The lowest BCUT2D eigenvalue weighted by atomic mass is 9.95. The molecule has 0 fully saturated rings. The number of rotatable bonds is 4. The van der Waals surface area contributed by atoms with Crippen molar-refractivity contribution in [2.45, 2.75) is 13.8 Å². The molecule has 0 aliphatic heterocycles. The predicted octanol–water partition coefficient (Wildman–Crippen LogP) is 3.47. The molecule has 16 heavy (non-hydrogen) atoms. The summed E-state index contributed by atoms with van der Waals surface area (Å²) in [5, 5.41) is 13.1. The van der Waals surface area contributed by atoms with Crippen molar-refractivity contribution in [1.82, 2.24) is 4.98 Å². The third kappa shape index (κ3) is 3.67. The quantitative estimate of drug-likeness (QED) is 0.832. The average Bonchev–Trinajstić information content (AvgIpc) is 2.22. The first kappa shape index (κ1) is 13.8. The molecule has 1 aromatic rings. The van der Waals surface area contributed by atoms with E-state index >= 15 is 0 Å². The minimum Gasteiger partial charge on any atom is -0.396 e. The minimum absolute atomic E-state index is 0.0684. The van der Waals surface area contributed by atoms with Gasteiger partial charge in [0.25, 0.3) is 0 Å². The maximum atomic E-state index is 9.10. The van der Waals surface area contributed by atoms with Gasteiger partial charge in [-0.3, -0.25) is 0 Å². The normalized spacial score (nSPS) is 11.6. The van der Waals surface area contributed by atoms with Crippen molar-refractivity contribution in [2.75, 3.05) is 18.5 Å². The molecular formula is C10H13Cl3N2O. The van der Waals surface area contributed by atoms with Gasteiger partial charge in [0.2, 0.25) is 0 Å². The van der Waals surface area contributed by atoms with E-state index in [9.17, 15) is 0 Å². The lowest BCUT2D eigenvalue weighted by Gasteiger charge is -2.22. The van der Waals surface area contributed by atoms with Crippen molar-refractivity contribution in [2.24, 2.45) is 5.41 Å². The van der Waals surface area contributed by atoms with Crippen molar-refractivity contribution >= 4 is 40.6 Å². The highest BCUT2D eigenvalue weighted by Crippen LogP contribution is 2.29. The molecule has 0 aliphatic rings. The van der Waals surface area contributed by atoms with Crippen LogP contribution in [0.4, 0.5) is 5.82 Å². The van der Waals surface area contributed by atoms with Crippen molar-refractivity contribution in [3.63, 3.8) is 0 Å². The van der Waals surface area contributed by atoms with Crippen molar-refractivity contribution in [1.29, 1.82) is 0 Å². The van der Waals surface area contributed by atoms with Crippen molar-refractivity contribution in [3.8, 4) is 0 Å². The fraction of sp³-hybridized carbons (Fsp3) is 0.500. The van der Waals surface area contributed by atoms with E-state index in [1.165, 1.54) is 6.07 Å². The van der Waals surface area contributed by atoms with Crippen LogP contribution in [0.15, 0.2) is 6.07 Å². The number of aliphatic hydroxyl groups is 1. The van der Waals surface area contributed by atoms with Crippen LogP contribution in [0.25, 0.3) is 0 Å². The smallest absolute Gasteiger partial charge is 0.150 e. The van der Waals surface area contributed by atoms with Crippen LogP contribution in [0, 0.1) is 5.41 Å². The van der Waals surface area contributed by atoms with Gasteiger partial charge in [0.15, 0.2) is 0 Å². The Bertz CT molecular complexity index is 383. The maximum Gasteiger partial charge on any atom is 0.150 e. The number of aromatic nitrogens is 1. The SMILES string of the molecule is CC(C)(CO)CNc1nc(Cl)c(Cl)cc1Cl. The van der Waals surface area contributed by atoms with Gasteiger partial charge in [-0.1, -0.05) is 48.7 Å². The van der Waals surface area contributed by atoms with Crippen molar-refractivity contribution < 1.29 is 5.11 Å². The number of hydrogen-bond acceptors (Lipinski definition) is 3. The van der Waals surface area contributed by atoms with E-state index in [-0.39, 0.29) is 17.2 Å². The standard InChI is InChI=1S/C10H13Cl3N2O/c1-10(2,5-16)4-14-9-7(12)3-6(11)8(13)15-9/h3,16H,4-5H2,1-2H3,(H,14,15). The number of nitrogens with zero attached hydrogens (tertiary/aromatic N) is 1. The third-order valence-electron chi connectivity index (χ3n) is 2.05. The first-order chi connectivity index (χ1) is 7.35. The number of anilines is 1. The molecule has 90 valence electrons. The molecule has 1 aromatic heterocycles. The summed E-state index contributed by atoms with van der Waals surface area (Å²) in [4.78, 5) is 4.02. The summed E-state index contributed by atoms with van der Waals surface area (Å²) in [6, 6.07) is 1.53. The van der Waals surface area contributed by atoms with E-state index in [4.69, 9.17) is 39.9 Å². The summed E-state index contributed by atoms with van der Waals surface area (Å²) in [7, 11) is 0. The Kier molecular flexibility index (Phi) is 4.68. The van der Waals surface area contributed by atoms with E-state index in [0.717, 1.165) is 0 Å². The van der Waals surface area contributed by atoms with Gasteiger partial charge in [-0.05, 0) is 6.07 Å². The van der Waals surface area contributed by atoms with Crippen LogP contribution in [0.1, 0.15) is 13.8 Å². The van der Waals surface area contributed by atoms with E-state index in [0.29, 0.717) is 22.4 Å². The first-order valence-corrected chi connectivity index (χ1v) is 5.85. The molecule has 6 heteroatoms. The van der Waals surface area contributed by atoms with Crippen LogP contribution >= 0.6 is 34.8 Å². The molecule has 0 saturated carbocycles. The number of hydrogen-bond donors (Lipinski definition) is 2. The van der Waals surface area contributed by atoms with Gasteiger partial charge >= 0.3 is 0 Å². The number of pyridine rings is 1. The Hall–Kier alpha value is -0.220. The Labute approximate surface area is 110 Å². The second-order valence-electron chi connectivity index (χ2n) is 4.27. The summed E-state index contributed by atoms with van der Waals surface area (Å²) in [5.41, 5.74) is -0.253. The van der Waals surface area contributed by atoms with Gasteiger partial charge in [0.1, 0.15) is 11.0 Å². The van der Waals surface area contributed by atoms with E-state index in [1.54, 1.807) is 0 Å². The summed E-state index contributed by atoms with van der Waals surface area (Å²) in [6.07, 6.45) is 0. The molecule has 0 saturated heterocycles. The molecule has 0 aromatic carbocycles. The Morgan fingerprint density at radius 2 is 1.94 bits per heavy atom. The highest BCUT2D eigenvalue weighted by Gasteiger charge is 2.17. The van der Waals surface area contributed by atoms with E-state index < -0.39 is 0 Å². The van der Waals surface area contributed by atoms with Crippen LogP contribution in [0.2, 0.25) is 15.2 Å². The largest absolute Gasteiger partial charge is 0.396 e. The fourth-order valence-corrected chi connectivity index (χ4v) is 1.51. The molecule has 0 radical (unpaired) electrons. The average molecular weight is 284 g/mol. The monoisotopic (exact) mass is 282 g/mol.